The summed E-state index contributed by atoms with van der Waals surface area (Å²) in [6.45, 7) is 3.53. The van der Waals surface area contributed by atoms with Crippen molar-refractivity contribution in [1.82, 2.24) is 5.32 Å². The number of hydrogen-bond donors (Lipinski definition) is 2. The number of carbonyl (C=O) groups is 2. The largest absolute Gasteiger partial charge is 0.343 e. The van der Waals surface area contributed by atoms with Gasteiger partial charge < -0.3 is 10.6 Å². The van der Waals surface area contributed by atoms with Gasteiger partial charge in [0.2, 0.25) is 5.91 Å². The first-order chi connectivity index (χ1) is 11.4. The summed E-state index contributed by atoms with van der Waals surface area (Å²) in [4.78, 5) is 34.1. The van der Waals surface area contributed by atoms with Gasteiger partial charge in [0.25, 0.3) is 11.6 Å². The topological polar surface area (TPSA) is 101 Å². The van der Waals surface area contributed by atoms with Crippen LogP contribution in [-0.2, 0) is 4.79 Å². The van der Waals surface area contributed by atoms with Crippen LogP contribution >= 0.6 is 0 Å². The van der Waals surface area contributed by atoms with Crippen molar-refractivity contribution in [3.63, 3.8) is 0 Å². The lowest BCUT2D eigenvalue weighted by atomic mass is 10.1. The highest BCUT2D eigenvalue weighted by Crippen LogP contribution is 2.19. The lowest BCUT2D eigenvalue weighted by molar-refractivity contribution is -0.384. The summed E-state index contributed by atoms with van der Waals surface area (Å²) in [5.74, 6) is -0.915. The van der Waals surface area contributed by atoms with Gasteiger partial charge in [-0.1, -0.05) is 24.3 Å². The molecule has 0 saturated carbocycles. The van der Waals surface area contributed by atoms with Crippen LogP contribution in [0.1, 0.15) is 21.5 Å². The molecule has 0 aliphatic heterocycles. The highest BCUT2D eigenvalue weighted by Gasteiger charge is 2.13. The van der Waals surface area contributed by atoms with Crippen molar-refractivity contribution in [2.45, 2.75) is 13.8 Å². The van der Waals surface area contributed by atoms with Gasteiger partial charge in [0.05, 0.1) is 11.5 Å². The molecule has 2 aromatic rings. The number of aryl methyl sites for hydroxylation is 2. The number of hydrogen-bond acceptors (Lipinski definition) is 4. The zero-order valence-corrected chi connectivity index (χ0v) is 13.3. The van der Waals surface area contributed by atoms with Crippen molar-refractivity contribution in [1.29, 1.82) is 0 Å². The predicted molar refractivity (Wildman–Crippen MR) is 90.0 cm³/mol. The molecule has 24 heavy (non-hydrogen) atoms. The number of para-hydroxylation sites is 1. The molecule has 0 radical (unpaired) electrons. The average molecular weight is 327 g/mol. The van der Waals surface area contributed by atoms with E-state index in [4.69, 9.17) is 0 Å². The summed E-state index contributed by atoms with van der Waals surface area (Å²) in [5, 5.41) is 15.9. The first-order valence-electron chi connectivity index (χ1n) is 7.27. The van der Waals surface area contributed by atoms with Crippen molar-refractivity contribution < 1.29 is 14.5 Å². The SMILES string of the molecule is Cc1cccc(C)c1NC(=O)CNC(=O)c1cccc([N+](=O)[O-])c1. The smallest absolute Gasteiger partial charge is 0.270 e. The van der Waals surface area contributed by atoms with E-state index >= 15 is 0 Å². The minimum Gasteiger partial charge on any atom is -0.343 e. The molecule has 0 atom stereocenters. The molecule has 124 valence electrons. The number of rotatable bonds is 5. The Morgan fingerprint density at radius 2 is 1.71 bits per heavy atom. The normalized spacial score (nSPS) is 10.1. The van der Waals surface area contributed by atoms with Crippen LogP contribution in [0.15, 0.2) is 42.5 Å². The predicted octanol–water partition coefficient (Wildman–Crippen LogP) is 2.58. The zero-order chi connectivity index (χ0) is 17.7. The fraction of sp³-hybridized carbons (Fsp3) is 0.176. The minimum atomic E-state index is -0.579. The lowest BCUT2D eigenvalue weighted by Crippen LogP contribution is -2.33. The van der Waals surface area contributed by atoms with Crippen molar-refractivity contribution >= 4 is 23.2 Å². The quantitative estimate of drug-likeness (QED) is 0.651. The van der Waals surface area contributed by atoms with Crippen molar-refractivity contribution in [3.8, 4) is 0 Å². The van der Waals surface area contributed by atoms with E-state index in [2.05, 4.69) is 10.6 Å². The number of nitrogens with zero attached hydrogens (tertiary/aromatic N) is 1. The molecule has 0 spiro atoms. The molecule has 0 aromatic heterocycles. The van der Waals surface area contributed by atoms with E-state index in [9.17, 15) is 19.7 Å². The first kappa shape index (κ1) is 17.1. The number of anilines is 1. The summed E-state index contributed by atoms with van der Waals surface area (Å²) in [6, 6.07) is 11.0. The minimum absolute atomic E-state index is 0.129. The van der Waals surface area contributed by atoms with E-state index in [0.717, 1.165) is 11.1 Å². The van der Waals surface area contributed by atoms with Crippen LogP contribution in [0.2, 0.25) is 0 Å². The zero-order valence-electron chi connectivity index (χ0n) is 13.3. The Kier molecular flexibility index (Phi) is 5.26. The Labute approximate surface area is 138 Å². The second kappa shape index (κ2) is 7.36. The molecule has 0 aliphatic carbocycles. The number of amides is 2. The third-order valence-corrected chi connectivity index (χ3v) is 3.47. The molecule has 2 rings (SSSR count). The van der Waals surface area contributed by atoms with E-state index in [0.29, 0.717) is 5.69 Å². The van der Waals surface area contributed by atoms with E-state index in [1.54, 1.807) is 0 Å². The van der Waals surface area contributed by atoms with Gasteiger partial charge in [-0.05, 0) is 31.0 Å². The van der Waals surface area contributed by atoms with Crippen LogP contribution in [0.5, 0.6) is 0 Å². The van der Waals surface area contributed by atoms with Gasteiger partial charge in [-0.3, -0.25) is 19.7 Å². The van der Waals surface area contributed by atoms with Crippen LogP contribution in [0, 0.1) is 24.0 Å². The third kappa shape index (κ3) is 4.16. The summed E-state index contributed by atoms with van der Waals surface area (Å²) in [6.07, 6.45) is 0. The fourth-order valence-corrected chi connectivity index (χ4v) is 2.22. The van der Waals surface area contributed by atoms with Gasteiger partial charge in [0, 0.05) is 23.4 Å². The van der Waals surface area contributed by atoms with Gasteiger partial charge in [-0.2, -0.15) is 0 Å². The number of nitro benzene ring substituents is 1. The first-order valence-corrected chi connectivity index (χ1v) is 7.27. The lowest BCUT2D eigenvalue weighted by Gasteiger charge is -2.12. The number of nitro groups is 1. The maximum Gasteiger partial charge on any atom is 0.270 e. The van der Waals surface area contributed by atoms with Gasteiger partial charge >= 0.3 is 0 Å². The van der Waals surface area contributed by atoms with Gasteiger partial charge in [0.1, 0.15) is 0 Å². The molecule has 2 N–H and O–H groups in total. The van der Waals surface area contributed by atoms with Crippen LogP contribution < -0.4 is 10.6 Å². The van der Waals surface area contributed by atoms with Gasteiger partial charge in [-0.15, -0.1) is 0 Å². The molecule has 0 saturated heterocycles. The number of non-ortho nitro benzene ring substituents is 1. The van der Waals surface area contributed by atoms with E-state index in [1.165, 1.54) is 24.3 Å². The van der Waals surface area contributed by atoms with E-state index in [-0.39, 0.29) is 23.7 Å². The Morgan fingerprint density at radius 3 is 2.33 bits per heavy atom. The second-order valence-corrected chi connectivity index (χ2v) is 5.31. The van der Waals surface area contributed by atoms with Crippen LogP contribution in [0.4, 0.5) is 11.4 Å². The second-order valence-electron chi connectivity index (χ2n) is 5.31. The number of benzene rings is 2. The van der Waals surface area contributed by atoms with E-state index < -0.39 is 10.8 Å². The highest BCUT2D eigenvalue weighted by molar-refractivity contribution is 6.00. The Morgan fingerprint density at radius 1 is 1.08 bits per heavy atom. The molecule has 7 nitrogen and oxygen atoms in total. The highest BCUT2D eigenvalue weighted by atomic mass is 16.6. The van der Waals surface area contributed by atoms with Crippen molar-refractivity contribution in [3.05, 3.63) is 69.3 Å². The van der Waals surface area contributed by atoms with Gasteiger partial charge in [-0.25, -0.2) is 0 Å². The van der Waals surface area contributed by atoms with Crippen LogP contribution in [-0.4, -0.2) is 23.3 Å². The number of carbonyl (C=O) groups excluding carboxylic acids is 2. The molecule has 0 heterocycles. The van der Waals surface area contributed by atoms with Crippen molar-refractivity contribution in [2.75, 3.05) is 11.9 Å². The number of nitrogens with one attached hydrogen (secondary N) is 2. The van der Waals surface area contributed by atoms with Crippen molar-refractivity contribution in [2.24, 2.45) is 0 Å². The molecule has 0 unspecified atom stereocenters. The average Bonchev–Trinajstić information content (AvgIpc) is 2.56. The maximum absolute atomic E-state index is 12.0. The third-order valence-electron chi connectivity index (χ3n) is 3.47. The fourth-order valence-electron chi connectivity index (χ4n) is 2.22. The molecule has 0 fully saturated rings. The summed E-state index contributed by atoms with van der Waals surface area (Å²) >= 11 is 0. The van der Waals surface area contributed by atoms with E-state index in [1.807, 2.05) is 32.0 Å². The Hall–Kier alpha value is -3.22. The molecule has 2 amide bonds. The monoisotopic (exact) mass is 327 g/mol. The van der Waals surface area contributed by atoms with Crippen LogP contribution in [0.3, 0.4) is 0 Å². The standard InChI is InChI=1S/C17H17N3O4/c1-11-5-3-6-12(2)16(11)19-15(21)10-18-17(22)13-7-4-8-14(9-13)20(23)24/h3-9H,10H2,1-2H3,(H,18,22)(H,19,21). The maximum atomic E-state index is 12.0. The summed E-state index contributed by atoms with van der Waals surface area (Å²) in [7, 11) is 0. The van der Waals surface area contributed by atoms with Gasteiger partial charge in [0.15, 0.2) is 0 Å². The molecule has 0 bridgehead atoms. The summed E-state index contributed by atoms with van der Waals surface area (Å²) < 4.78 is 0. The molecule has 7 heteroatoms. The molecule has 0 aliphatic rings. The summed E-state index contributed by atoms with van der Waals surface area (Å²) in [5.41, 5.74) is 2.51. The molecular weight excluding hydrogens is 310 g/mol. The van der Waals surface area contributed by atoms with Crippen LogP contribution in [0.25, 0.3) is 0 Å². The Bertz CT molecular complexity index is 782. The molecule has 2 aromatic carbocycles. The Balaban J connectivity index is 1.98. The molecular formula is C17H17N3O4.